The lowest BCUT2D eigenvalue weighted by Crippen LogP contribution is -2.42. The first kappa shape index (κ1) is 20.1. The molecule has 1 aromatic carbocycles. The molecule has 0 unspecified atom stereocenters. The van der Waals surface area contributed by atoms with E-state index in [0.717, 1.165) is 44.6 Å². The van der Waals surface area contributed by atoms with Crippen molar-refractivity contribution in [1.29, 1.82) is 0 Å². The van der Waals surface area contributed by atoms with Gasteiger partial charge in [-0.25, -0.2) is 0 Å². The first-order valence-electron chi connectivity index (χ1n) is 9.39. The number of carbonyl (C=O) groups excluding carboxylic acids is 1. The number of likely N-dealkylation sites (N-methyl/N-ethyl adjacent to an activating group) is 1. The van der Waals surface area contributed by atoms with E-state index in [1.165, 1.54) is 5.19 Å². The molecule has 1 heterocycles. The number of benzene rings is 1. The lowest BCUT2D eigenvalue weighted by atomic mass is 10.1. The summed E-state index contributed by atoms with van der Waals surface area (Å²) in [4.78, 5) is 16.7. The zero-order chi connectivity index (χ0) is 18.4. The third-order valence-electron chi connectivity index (χ3n) is 4.86. The van der Waals surface area contributed by atoms with Crippen LogP contribution >= 0.6 is 0 Å². The highest BCUT2D eigenvalue weighted by Crippen LogP contribution is 2.15. The first-order valence-corrected chi connectivity index (χ1v) is 12.9. The molecule has 5 heteroatoms. The van der Waals surface area contributed by atoms with Gasteiger partial charge in [0.15, 0.2) is 0 Å². The van der Waals surface area contributed by atoms with Crippen LogP contribution in [0.2, 0.25) is 19.6 Å². The molecule has 0 N–H and O–H groups in total. The van der Waals surface area contributed by atoms with Crippen molar-refractivity contribution in [1.82, 2.24) is 9.80 Å². The van der Waals surface area contributed by atoms with E-state index in [1.807, 2.05) is 4.90 Å². The monoisotopic (exact) mass is 362 g/mol. The summed E-state index contributed by atoms with van der Waals surface area (Å²) in [5.41, 5.74) is 1.12. The molecular formula is C20H34N2O2Si. The van der Waals surface area contributed by atoms with E-state index in [4.69, 9.17) is 4.74 Å². The van der Waals surface area contributed by atoms with Gasteiger partial charge in [0.25, 0.3) is 0 Å². The van der Waals surface area contributed by atoms with Gasteiger partial charge in [0, 0.05) is 19.6 Å². The van der Waals surface area contributed by atoms with Crippen LogP contribution in [0.3, 0.4) is 0 Å². The molecule has 0 radical (unpaired) electrons. The molecule has 1 amide bonds. The zero-order valence-electron chi connectivity index (χ0n) is 16.5. The van der Waals surface area contributed by atoms with Crippen molar-refractivity contribution in [2.45, 2.75) is 45.0 Å². The number of ether oxygens (including phenoxy) is 1. The van der Waals surface area contributed by atoms with Crippen molar-refractivity contribution in [2.75, 3.05) is 40.3 Å². The fourth-order valence-corrected chi connectivity index (χ4v) is 4.25. The molecule has 1 aliphatic heterocycles. The third kappa shape index (κ3) is 6.57. The minimum Gasteiger partial charge on any atom is -0.377 e. The van der Waals surface area contributed by atoms with E-state index >= 15 is 0 Å². The number of hydrogen-bond donors (Lipinski definition) is 0. The minimum atomic E-state index is -1.27. The van der Waals surface area contributed by atoms with Crippen LogP contribution in [0.25, 0.3) is 0 Å². The van der Waals surface area contributed by atoms with Gasteiger partial charge in [-0.15, -0.1) is 0 Å². The van der Waals surface area contributed by atoms with E-state index in [2.05, 4.69) is 62.9 Å². The van der Waals surface area contributed by atoms with Crippen molar-refractivity contribution in [3.05, 3.63) is 29.8 Å². The molecule has 2 rings (SSSR count). The number of nitrogens with zero attached hydrogens (tertiary/aromatic N) is 2. The van der Waals surface area contributed by atoms with Crippen LogP contribution in [0.5, 0.6) is 0 Å². The number of rotatable bonds is 7. The molecule has 1 aromatic rings. The van der Waals surface area contributed by atoms with Crippen molar-refractivity contribution in [3.63, 3.8) is 0 Å². The zero-order valence-corrected chi connectivity index (χ0v) is 17.5. The first-order chi connectivity index (χ1) is 11.8. The molecule has 0 aliphatic carbocycles. The molecule has 0 atom stereocenters. The molecule has 1 fully saturated rings. The Morgan fingerprint density at radius 1 is 1.16 bits per heavy atom. The van der Waals surface area contributed by atoms with Crippen molar-refractivity contribution in [3.8, 4) is 0 Å². The maximum atomic E-state index is 12.5. The summed E-state index contributed by atoms with van der Waals surface area (Å²) >= 11 is 0. The van der Waals surface area contributed by atoms with Gasteiger partial charge >= 0.3 is 0 Å². The largest absolute Gasteiger partial charge is 0.377 e. The average molecular weight is 363 g/mol. The molecule has 1 saturated heterocycles. The van der Waals surface area contributed by atoms with Crippen molar-refractivity contribution in [2.24, 2.45) is 0 Å². The summed E-state index contributed by atoms with van der Waals surface area (Å²) in [5, 5.41) is 1.44. The Morgan fingerprint density at radius 3 is 2.28 bits per heavy atom. The van der Waals surface area contributed by atoms with Crippen LogP contribution in [-0.2, 0) is 16.0 Å². The van der Waals surface area contributed by atoms with Crippen LogP contribution in [0.4, 0.5) is 0 Å². The number of piperidine rings is 1. The van der Waals surface area contributed by atoms with Gasteiger partial charge in [0.2, 0.25) is 5.91 Å². The Kier molecular flexibility index (Phi) is 7.22. The number of hydrogen-bond acceptors (Lipinski definition) is 3. The van der Waals surface area contributed by atoms with Crippen LogP contribution in [0, 0.1) is 0 Å². The van der Waals surface area contributed by atoms with Gasteiger partial charge in [0.1, 0.15) is 0 Å². The van der Waals surface area contributed by atoms with E-state index in [9.17, 15) is 4.79 Å². The number of carbonyl (C=O) groups is 1. The normalized spacial score (nSPS) is 16.5. The average Bonchev–Trinajstić information content (AvgIpc) is 2.55. The van der Waals surface area contributed by atoms with E-state index in [1.54, 1.807) is 0 Å². The molecule has 0 bridgehead atoms. The molecule has 0 saturated carbocycles. The Bertz CT molecular complexity index is 544. The molecule has 1 aliphatic rings. The topological polar surface area (TPSA) is 32.8 Å². The highest BCUT2D eigenvalue weighted by molar-refractivity contribution is 6.88. The Balaban J connectivity index is 1.77. The summed E-state index contributed by atoms with van der Waals surface area (Å²) < 4.78 is 5.91. The summed E-state index contributed by atoms with van der Waals surface area (Å²) in [6.45, 7) is 10.4. The highest BCUT2D eigenvalue weighted by atomic mass is 28.3. The number of amides is 1. The van der Waals surface area contributed by atoms with Crippen LogP contribution in [0.15, 0.2) is 24.3 Å². The van der Waals surface area contributed by atoms with Gasteiger partial charge in [-0.05, 0) is 32.5 Å². The number of likely N-dealkylation sites (tertiary alicyclic amines) is 1. The predicted molar refractivity (Wildman–Crippen MR) is 107 cm³/mol. The Hall–Kier alpha value is -1.17. The van der Waals surface area contributed by atoms with Gasteiger partial charge in [-0.1, -0.05) is 49.1 Å². The Labute approximate surface area is 154 Å². The van der Waals surface area contributed by atoms with E-state index < -0.39 is 8.07 Å². The minimum absolute atomic E-state index is 0.243. The van der Waals surface area contributed by atoms with Crippen molar-refractivity contribution < 1.29 is 9.53 Å². The molecule has 4 nitrogen and oxygen atoms in total. The maximum absolute atomic E-state index is 12.5. The molecule has 140 valence electrons. The SMILES string of the molecule is CN(C)CCOC1CCN(C(=O)Cc2ccc([Si](C)(C)C)cc2)CC1. The van der Waals surface area contributed by atoms with Crippen LogP contribution in [-0.4, -0.2) is 70.2 Å². The fourth-order valence-electron chi connectivity index (χ4n) is 3.08. The lowest BCUT2D eigenvalue weighted by Gasteiger charge is -2.32. The predicted octanol–water partition coefficient (Wildman–Crippen LogP) is 2.34. The molecule has 0 spiro atoms. The smallest absolute Gasteiger partial charge is 0.226 e. The summed E-state index contributed by atoms with van der Waals surface area (Å²) in [6, 6.07) is 8.67. The maximum Gasteiger partial charge on any atom is 0.226 e. The Morgan fingerprint density at radius 2 is 1.76 bits per heavy atom. The second-order valence-corrected chi connectivity index (χ2v) is 13.5. The summed E-state index contributed by atoms with van der Waals surface area (Å²) in [7, 11) is 2.85. The van der Waals surface area contributed by atoms with E-state index in [-0.39, 0.29) is 5.91 Å². The second-order valence-electron chi connectivity index (χ2n) is 8.38. The fraction of sp³-hybridized carbons (Fsp3) is 0.650. The lowest BCUT2D eigenvalue weighted by molar-refractivity contribution is -0.133. The quantitative estimate of drug-likeness (QED) is 0.698. The van der Waals surface area contributed by atoms with Gasteiger partial charge in [0.05, 0.1) is 27.2 Å². The third-order valence-corrected chi connectivity index (χ3v) is 6.93. The van der Waals surface area contributed by atoms with Gasteiger partial charge in [-0.3, -0.25) is 4.79 Å². The van der Waals surface area contributed by atoms with E-state index in [0.29, 0.717) is 12.5 Å². The molecule has 0 aromatic heterocycles. The molecular weight excluding hydrogens is 328 g/mol. The molecule has 25 heavy (non-hydrogen) atoms. The van der Waals surface area contributed by atoms with Gasteiger partial charge in [-0.2, -0.15) is 0 Å². The standard InChI is InChI=1S/C20H34N2O2Si/c1-21(2)14-15-24-18-10-12-22(13-11-18)20(23)16-17-6-8-19(9-7-17)25(3,4)5/h6-9,18H,10-16H2,1-5H3. The highest BCUT2D eigenvalue weighted by Gasteiger charge is 2.23. The van der Waals surface area contributed by atoms with Crippen molar-refractivity contribution >= 4 is 19.2 Å². The summed E-state index contributed by atoms with van der Waals surface area (Å²) in [5.74, 6) is 0.243. The summed E-state index contributed by atoms with van der Waals surface area (Å²) in [6.07, 6.45) is 2.72. The second kappa shape index (κ2) is 8.97. The van der Waals surface area contributed by atoms with Gasteiger partial charge < -0.3 is 14.5 Å². The van der Waals surface area contributed by atoms with Crippen LogP contribution in [0.1, 0.15) is 18.4 Å². The van der Waals surface area contributed by atoms with Crippen LogP contribution < -0.4 is 5.19 Å².